The normalized spacial score (nSPS) is 26.4. The van der Waals surface area contributed by atoms with Crippen molar-refractivity contribution in [2.45, 2.75) is 44.6 Å². The zero-order valence-corrected chi connectivity index (χ0v) is 11.9. The number of nitrogens with zero attached hydrogens (tertiary/aromatic N) is 1. The SMILES string of the molecule is O=C1c2ccccc2CCCN1CCC1CCCC1O. The van der Waals surface area contributed by atoms with Gasteiger partial charge in [0.15, 0.2) is 0 Å². The van der Waals surface area contributed by atoms with E-state index in [9.17, 15) is 9.90 Å². The molecule has 1 aromatic rings. The van der Waals surface area contributed by atoms with E-state index in [1.807, 2.05) is 23.1 Å². The lowest BCUT2D eigenvalue weighted by Gasteiger charge is -2.23. The minimum atomic E-state index is -0.149. The third-order valence-electron chi connectivity index (χ3n) is 4.80. The summed E-state index contributed by atoms with van der Waals surface area (Å²) in [7, 11) is 0. The summed E-state index contributed by atoms with van der Waals surface area (Å²) < 4.78 is 0. The molecule has 0 bridgehead atoms. The number of carbonyl (C=O) groups is 1. The summed E-state index contributed by atoms with van der Waals surface area (Å²) in [5, 5.41) is 9.89. The number of hydrogen-bond donors (Lipinski definition) is 1. The maximum absolute atomic E-state index is 12.6. The number of aliphatic hydroxyl groups is 1. The topological polar surface area (TPSA) is 40.5 Å². The fraction of sp³-hybridized carbons (Fsp3) is 0.588. The molecule has 2 aliphatic rings. The molecule has 1 aliphatic heterocycles. The van der Waals surface area contributed by atoms with Crippen molar-refractivity contribution in [2.24, 2.45) is 5.92 Å². The first-order valence-electron chi connectivity index (χ1n) is 7.81. The molecule has 1 amide bonds. The number of rotatable bonds is 3. The number of fused-ring (bicyclic) bond motifs is 1. The maximum Gasteiger partial charge on any atom is 0.254 e. The second-order valence-corrected chi connectivity index (χ2v) is 6.10. The van der Waals surface area contributed by atoms with Crippen molar-refractivity contribution in [1.82, 2.24) is 4.90 Å². The molecular weight excluding hydrogens is 250 g/mol. The van der Waals surface area contributed by atoms with Gasteiger partial charge in [-0.3, -0.25) is 4.79 Å². The minimum Gasteiger partial charge on any atom is -0.393 e. The number of aliphatic hydroxyl groups excluding tert-OH is 1. The molecular formula is C17H23NO2. The monoisotopic (exact) mass is 273 g/mol. The maximum atomic E-state index is 12.6. The van der Waals surface area contributed by atoms with Crippen molar-refractivity contribution in [3.8, 4) is 0 Å². The summed E-state index contributed by atoms with van der Waals surface area (Å²) in [6.07, 6.45) is 5.99. The van der Waals surface area contributed by atoms with Gasteiger partial charge in [-0.05, 0) is 49.7 Å². The molecule has 1 heterocycles. The van der Waals surface area contributed by atoms with Crippen LogP contribution in [0.3, 0.4) is 0 Å². The lowest BCUT2D eigenvalue weighted by molar-refractivity contribution is 0.0719. The van der Waals surface area contributed by atoms with Crippen molar-refractivity contribution in [3.05, 3.63) is 35.4 Å². The molecule has 2 unspecified atom stereocenters. The summed E-state index contributed by atoms with van der Waals surface area (Å²) in [6.45, 7) is 1.63. The largest absolute Gasteiger partial charge is 0.393 e. The van der Waals surface area contributed by atoms with E-state index in [4.69, 9.17) is 0 Å². The van der Waals surface area contributed by atoms with E-state index in [0.717, 1.165) is 57.2 Å². The van der Waals surface area contributed by atoms with Crippen molar-refractivity contribution in [3.63, 3.8) is 0 Å². The lowest BCUT2D eigenvalue weighted by Crippen LogP contribution is -2.33. The first-order valence-corrected chi connectivity index (χ1v) is 7.81. The van der Waals surface area contributed by atoms with E-state index in [0.29, 0.717) is 5.92 Å². The Balaban J connectivity index is 1.66. The molecule has 3 heteroatoms. The second kappa shape index (κ2) is 5.96. The summed E-state index contributed by atoms with van der Waals surface area (Å²) in [6, 6.07) is 7.97. The molecule has 0 radical (unpaired) electrons. The quantitative estimate of drug-likeness (QED) is 0.919. The van der Waals surface area contributed by atoms with Gasteiger partial charge in [0, 0.05) is 18.7 Å². The Bertz CT molecular complexity index is 486. The Morgan fingerprint density at radius 2 is 2.05 bits per heavy atom. The first kappa shape index (κ1) is 13.6. The Morgan fingerprint density at radius 1 is 1.20 bits per heavy atom. The third kappa shape index (κ3) is 2.73. The standard InChI is InChI=1S/C17H23NO2/c19-16-9-3-6-14(16)10-12-18-11-4-7-13-5-1-2-8-15(13)17(18)20/h1-2,5,8,14,16,19H,3-4,6-7,9-12H2. The van der Waals surface area contributed by atoms with E-state index < -0.39 is 0 Å². The van der Waals surface area contributed by atoms with Gasteiger partial charge in [-0.1, -0.05) is 24.6 Å². The predicted molar refractivity (Wildman–Crippen MR) is 78.6 cm³/mol. The first-order chi connectivity index (χ1) is 9.75. The molecule has 3 nitrogen and oxygen atoms in total. The highest BCUT2D eigenvalue weighted by Gasteiger charge is 2.27. The van der Waals surface area contributed by atoms with Crippen molar-refractivity contribution in [2.75, 3.05) is 13.1 Å². The Hall–Kier alpha value is -1.35. The number of aryl methyl sites for hydroxylation is 1. The van der Waals surface area contributed by atoms with Gasteiger partial charge in [-0.2, -0.15) is 0 Å². The molecule has 1 saturated carbocycles. The molecule has 2 atom stereocenters. The fourth-order valence-corrected chi connectivity index (χ4v) is 3.57. The zero-order valence-electron chi connectivity index (χ0n) is 11.9. The van der Waals surface area contributed by atoms with Gasteiger partial charge in [-0.15, -0.1) is 0 Å². The van der Waals surface area contributed by atoms with E-state index in [1.54, 1.807) is 0 Å². The van der Waals surface area contributed by atoms with Gasteiger partial charge in [0.05, 0.1) is 6.10 Å². The smallest absolute Gasteiger partial charge is 0.254 e. The summed E-state index contributed by atoms with van der Waals surface area (Å²) in [5.41, 5.74) is 2.05. The van der Waals surface area contributed by atoms with Crippen LogP contribution in [0.15, 0.2) is 24.3 Å². The van der Waals surface area contributed by atoms with Gasteiger partial charge >= 0.3 is 0 Å². The van der Waals surface area contributed by atoms with Crippen LogP contribution < -0.4 is 0 Å². The Kier molecular flexibility index (Phi) is 4.06. The van der Waals surface area contributed by atoms with Crippen molar-refractivity contribution >= 4 is 5.91 Å². The Morgan fingerprint density at radius 3 is 2.85 bits per heavy atom. The Labute approximate surface area is 120 Å². The van der Waals surface area contributed by atoms with E-state index in [2.05, 4.69) is 6.07 Å². The van der Waals surface area contributed by atoms with Crippen LogP contribution in [0, 0.1) is 5.92 Å². The van der Waals surface area contributed by atoms with Gasteiger partial charge in [0.2, 0.25) is 0 Å². The van der Waals surface area contributed by atoms with Crippen molar-refractivity contribution < 1.29 is 9.90 Å². The summed E-state index contributed by atoms with van der Waals surface area (Å²) in [4.78, 5) is 14.6. The summed E-state index contributed by atoms with van der Waals surface area (Å²) >= 11 is 0. The average molecular weight is 273 g/mol. The average Bonchev–Trinajstić information content (AvgIpc) is 2.80. The van der Waals surface area contributed by atoms with E-state index >= 15 is 0 Å². The van der Waals surface area contributed by atoms with Crippen LogP contribution >= 0.6 is 0 Å². The molecule has 0 saturated heterocycles. The summed E-state index contributed by atoms with van der Waals surface area (Å²) in [5.74, 6) is 0.562. The molecule has 108 valence electrons. The van der Waals surface area contributed by atoms with Gasteiger partial charge in [0.1, 0.15) is 0 Å². The molecule has 1 aliphatic carbocycles. The number of amides is 1. The second-order valence-electron chi connectivity index (χ2n) is 6.10. The van der Waals surface area contributed by atoms with Crippen LogP contribution in [0.4, 0.5) is 0 Å². The van der Waals surface area contributed by atoms with Gasteiger partial charge in [0.25, 0.3) is 5.91 Å². The van der Waals surface area contributed by atoms with Crippen LogP contribution in [-0.4, -0.2) is 35.1 Å². The lowest BCUT2D eigenvalue weighted by atomic mass is 10.0. The molecule has 0 aromatic heterocycles. The van der Waals surface area contributed by atoms with Crippen LogP contribution in [0.5, 0.6) is 0 Å². The van der Waals surface area contributed by atoms with Gasteiger partial charge < -0.3 is 10.0 Å². The fourth-order valence-electron chi connectivity index (χ4n) is 3.57. The molecule has 3 rings (SSSR count). The predicted octanol–water partition coefficient (Wildman–Crippen LogP) is 2.63. The third-order valence-corrected chi connectivity index (χ3v) is 4.80. The minimum absolute atomic E-state index is 0.149. The highest BCUT2D eigenvalue weighted by Crippen LogP contribution is 2.29. The van der Waals surface area contributed by atoms with Crippen LogP contribution in [0.2, 0.25) is 0 Å². The van der Waals surface area contributed by atoms with E-state index in [-0.39, 0.29) is 12.0 Å². The van der Waals surface area contributed by atoms with Gasteiger partial charge in [-0.25, -0.2) is 0 Å². The van der Waals surface area contributed by atoms with Crippen LogP contribution in [0.25, 0.3) is 0 Å². The number of hydrogen-bond acceptors (Lipinski definition) is 2. The van der Waals surface area contributed by atoms with E-state index in [1.165, 1.54) is 5.56 Å². The number of carbonyl (C=O) groups excluding carboxylic acids is 1. The molecule has 0 spiro atoms. The molecule has 1 N–H and O–H groups in total. The zero-order chi connectivity index (χ0) is 13.9. The van der Waals surface area contributed by atoms with Crippen LogP contribution in [-0.2, 0) is 6.42 Å². The van der Waals surface area contributed by atoms with Crippen LogP contribution in [0.1, 0.15) is 48.0 Å². The molecule has 1 aromatic carbocycles. The molecule has 20 heavy (non-hydrogen) atoms. The van der Waals surface area contributed by atoms with Crippen molar-refractivity contribution in [1.29, 1.82) is 0 Å². The highest BCUT2D eigenvalue weighted by atomic mass is 16.3. The number of benzene rings is 1. The molecule has 1 fully saturated rings. The highest BCUT2D eigenvalue weighted by molar-refractivity contribution is 5.96.